The Morgan fingerprint density at radius 2 is 1.80 bits per heavy atom. The summed E-state index contributed by atoms with van der Waals surface area (Å²) < 4.78 is 10.8. The van der Waals surface area contributed by atoms with Gasteiger partial charge in [-0.15, -0.1) is 0 Å². The van der Waals surface area contributed by atoms with Crippen LogP contribution in [-0.4, -0.2) is 59.1 Å². The number of ether oxygens (including phenoxy) is 2. The average molecular weight is 574 g/mol. The maximum Gasteiger partial charge on any atom is 0.338 e. The Labute approximate surface area is 245 Å². The number of aryl methyl sites for hydroxylation is 1. The molecule has 3 heterocycles. The molecule has 0 bridgehead atoms. The number of rotatable bonds is 8. The van der Waals surface area contributed by atoms with Crippen molar-refractivity contribution in [2.24, 2.45) is 10.9 Å². The first-order chi connectivity index (χ1) is 19.9. The van der Waals surface area contributed by atoms with Crippen LogP contribution < -0.4 is 0 Å². The highest BCUT2D eigenvalue weighted by Gasteiger charge is 2.43. The fourth-order valence-corrected chi connectivity index (χ4v) is 6.49. The van der Waals surface area contributed by atoms with Gasteiger partial charge in [-0.05, 0) is 44.6 Å². The molecule has 9 heteroatoms. The number of esters is 2. The molecule has 0 N–H and O–H groups in total. The number of amides is 1. The van der Waals surface area contributed by atoms with Crippen LogP contribution >= 0.6 is 11.8 Å². The topological polar surface area (TPSA) is 88.5 Å². The predicted octanol–water partition coefficient (Wildman–Crippen LogP) is 5.46. The predicted molar refractivity (Wildman–Crippen MR) is 159 cm³/mol. The Morgan fingerprint density at radius 3 is 2.54 bits per heavy atom. The van der Waals surface area contributed by atoms with Gasteiger partial charge in [0.2, 0.25) is 5.91 Å². The van der Waals surface area contributed by atoms with E-state index in [4.69, 9.17) is 14.5 Å². The van der Waals surface area contributed by atoms with Crippen LogP contribution in [0.15, 0.2) is 76.3 Å². The number of hydrogen-bond donors (Lipinski definition) is 0. The fraction of sp³-hybridized carbons (Fsp3) is 0.375. The van der Waals surface area contributed by atoms with Crippen molar-refractivity contribution in [3.8, 4) is 0 Å². The average Bonchev–Trinajstić information content (AvgIpc) is 3.39. The lowest BCUT2D eigenvalue weighted by atomic mass is 9.90. The first-order valence-corrected chi connectivity index (χ1v) is 15.0. The van der Waals surface area contributed by atoms with Crippen LogP contribution in [0.25, 0.3) is 5.70 Å². The minimum Gasteiger partial charge on any atom is -0.466 e. The SMILES string of the molecule is CCOC(=O)C1=C(c2ccccc2)N=C2SC=C(CC(=O)N3CCCC(C(=O)OCC)C3)N2C1c1cccc(C)c1. The van der Waals surface area contributed by atoms with E-state index in [1.54, 1.807) is 18.7 Å². The molecule has 214 valence electrons. The summed E-state index contributed by atoms with van der Waals surface area (Å²) in [5.74, 6) is -1.05. The smallest absolute Gasteiger partial charge is 0.338 e. The molecule has 3 aliphatic heterocycles. The van der Waals surface area contributed by atoms with Gasteiger partial charge >= 0.3 is 11.9 Å². The Balaban J connectivity index is 1.51. The maximum absolute atomic E-state index is 13.6. The van der Waals surface area contributed by atoms with Crippen LogP contribution in [0.1, 0.15) is 55.8 Å². The quantitative estimate of drug-likeness (QED) is 0.388. The molecule has 5 rings (SSSR count). The first-order valence-electron chi connectivity index (χ1n) is 14.1. The van der Waals surface area contributed by atoms with Gasteiger partial charge in [0.05, 0.1) is 42.9 Å². The van der Waals surface area contributed by atoms with E-state index >= 15 is 0 Å². The minimum atomic E-state index is -0.528. The molecule has 3 aliphatic rings. The number of nitrogens with zero attached hydrogens (tertiary/aromatic N) is 3. The molecule has 0 saturated carbocycles. The zero-order valence-electron chi connectivity index (χ0n) is 23.7. The van der Waals surface area contributed by atoms with Crippen LogP contribution in [0.5, 0.6) is 0 Å². The van der Waals surface area contributed by atoms with E-state index in [-0.39, 0.29) is 30.8 Å². The Morgan fingerprint density at radius 1 is 1.02 bits per heavy atom. The van der Waals surface area contributed by atoms with Crippen molar-refractivity contribution in [1.82, 2.24) is 9.80 Å². The van der Waals surface area contributed by atoms with Crippen molar-refractivity contribution in [2.75, 3.05) is 26.3 Å². The minimum absolute atomic E-state index is 0.0642. The van der Waals surface area contributed by atoms with Gasteiger partial charge in [-0.25, -0.2) is 9.79 Å². The summed E-state index contributed by atoms with van der Waals surface area (Å²) in [6.45, 7) is 7.11. The highest BCUT2D eigenvalue weighted by atomic mass is 32.2. The lowest BCUT2D eigenvalue weighted by Gasteiger charge is -2.38. The second-order valence-electron chi connectivity index (χ2n) is 10.3. The van der Waals surface area contributed by atoms with Gasteiger partial charge in [-0.1, -0.05) is 71.9 Å². The standard InChI is InChI=1S/C32H35N3O5S/c1-4-39-30(37)24-15-10-16-34(19-24)26(36)18-25-20-41-32-33-28(22-12-7-6-8-13-22)27(31(38)40-5-2)29(35(25)32)23-14-9-11-21(3)17-23/h6-9,11-14,17,20,24,29H,4-5,10,15-16,18-19H2,1-3H3. The van der Waals surface area contributed by atoms with E-state index in [1.165, 1.54) is 11.8 Å². The van der Waals surface area contributed by atoms with Crippen molar-refractivity contribution >= 4 is 40.5 Å². The molecule has 8 nitrogen and oxygen atoms in total. The van der Waals surface area contributed by atoms with Crippen LogP contribution in [-0.2, 0) is 23.9 Å². The van der Waals surface area contributed by atoms with E-state index < -0.39 is 12.0 Å². The third-order valence-corrected chi connectivity index (χ3v) is 8.33. The Kier molecular flexibility index (Phi) is 8.93. The normalized spacial score (nSPS) is 20.3. The van der Waals surface area contributed by atoms with Gasteiger partial charge in [-0.2, -0.15) is 0 Å². The number of thioether (sulfide) groups is 1. The molecular weight excluding hydrogens is 538 g/mol. The van der Waals surface area contributed by atoms with Gasteiger partial charge < -0.3 is 19.3 Å². The number of benzene rings is 2. The largest absolute Gasteiger partial charge is 0.466 e. The molecule has 1 amide bonds. The highest BCUT2D eigenvalue weighted by molar-refractivity contribution is 8.16. The van der Waals surface area contributed by atoms with Gasteiger partial charge in [0, 0.05) is 24.4 Å². The third kappa shape index (κ3) is 6.10. The maximum atomic E-state index is 13.6. The second-order valence-corrected chi connectivity index (χ2v) is 11.1. The summed E-state index contributed by atoms with van der Waals surface area (Å²) in [6, 6.07) is 17.2. The fourth-order valence-electron chi connectivity index (χ4n) is 5.57. The summed E-state index contributed by atoms with van der Waals surface area (Å²) in [6.07, 6.45) is 1.59. The zero-order valence-corrected chi connectivity index (χ0v) is 24.5. The van der Waals surface area contributed by atoms with Crippen molar-refractivity contribution in [2.45, 2.75) is 46.1 Å². The molecule has 2 unspecified atom stereocenters. The van der Waals surface area contributed by atoms with Crippen LogP contribution in [0.2, 0.25) is 0 Å². The molecule has 0 radical (unpaired) electrons. The number of hydrogen-bond acceptors (Lipinski definition) is 8. The van der Waals surface area contributed by atoms with Crippen LogP contribution in [0.3, 0.4) is 0 Å². The summed E-state index contributed by atoms with van der Waals surface area (Å²) in [5, 5.41) is 2.65. The van der Waals surface area contributed by atoms with Crippen LogP contribution in [0, 0.1) is 12.8 Å². The van der Waals surface area contributed by atoms with Gasteiger partial charge in [0.25, 0.3) is 0 Å². The summed E-state index contributed by atoms with van der Waals surface area (Å²) in [4.78, 5) is 48.4. The second kappa shape index (κ2) is 12.8. The Bertz CT molecular complexity index is 1420. The molecule has 2 aromatic carbocycles. The summed E-state index contributed by atoms with van der Waals surface area (Å²) in [7, 11) is 0. The van der Waals surface area contributed by atoms with E-state index in [9.17, 15) is 14.4 Å². The van der Waals surface area contributed by atoms with Crippen molar-refractivity contribution in [1.29, 1.82) is 0 Å². The van der Waals surface area contributed by atoms with Crippen molar-refractivity contribution in [3.05, 3.63) is 88.0 Å². The molecule has 1 saturated heterocycles. The van der Waals surface area contributed by atoms with E-state index in [2.05, 4.69) is 6.07 Å². The lowest BCUT2D eigenvalue weighted by Crippen LogP contribution is -2.44. The van der Waals surface area contributed by atoms with Gasteiger partial charge in [0.15, 0.2) is 5.17 Å². The molecule has 2 atom stereocenters. The van der Waals surface area contributed by atoms with E-state index in [0.717, 1.165) is 35.2 Å². The molecular formula is C32H35N3O5S. The highest BCUT2D eigenvalue weighted by Crippen LogP contribution is 2.47. The number of amidine groups is 1. The Hall–Kier alpha value is -3.85. The van der Waals surface area contributed by atoms with Gasteiger partial charge in [-0.3, -0.25) is 9.59 Å². The molecule has 0 aromatic heterocycles. The number of fused-ring (bicyclic) bond motifs is 1. The number of carbonyl (C=O) groups is 3. The molecule has 1 fully saturated rings. The molecule has 41 heavy (non-hydrogen) atoms. The molecule has 0 spiro atoms. The number of aliphatic imine (C=N–C) groups is 1. The molecule has 0 aliphatic carbocycles. The number of piperidine rings is 1. The van der Waals surface area contributed by atoms with E-state index in [0.29, 0.717) is 36.1 Å². The summed E-state index contributed by atoms with van der Waals surface area (Å²) >= 11 is 1.45. The third-order valence-electron chi connectivity index (χ3n) is 7.44. The van der Waals surface area contributed by atoms with Crippen LogP contribution in [0.4, 0.5) is 0 Å². The summed E-state index contributed by atoms with van der Waals surface area (Å²) in [5.41, 5.74) is 4.57. The first kappa shape index (κ1) is 28.7. The van der Waals surface area contributed by atoms with E-state index in [1.807, 2.05) is 65.8 Å². The number of likely N-dealkylation sites (tertiary alicyclic amines) is 1. The van der Waals surface area contributed by atoms with Crippen molar-refractivity contribution < 1.29 is 23.9 Å². The number of carbonyl (C=O) groups excluding carboxylic acids is 3. The van der Waals surface area contributed by atoms with Crippen molar-refractivity contribution in [3.63, 3.8) is 0 Å². The van der Waals surface area contributed by atoms with Gasteiger partial charge in [0.1, 0.15) is 0 Å². The molecule has 2 aromatic rings. The zero-order chi connectivity index (χ0) is 28.9. The lowest BCUT2D eigenvalue weighted by molar-refractivity contribution is -0.151. The monoisotopic (exact) mass is 573 g/mol.